The van der Waals surface area contributed by atoms with E-state index in [4.69, 9.17) is 9.47 Å². The number of hydrogen-bond donors (Lipinski definition) is 1. The quantitative estimate of drug-likeness (QED) is 0.816. The third-order valence-corrected chi connectivity index (χ3v) is 3.05. The fourth-order valence-corrected chi connectivity index (χ4v) is 1.85. The summed E-state index contributed by atoms with van der Waals surface area (Å²) >= 11 is 0. The number of likely N-dealkylation sites (N-methyl/N-ethyl adjacent to an activating group) is 1. The number of nitrogens with one attached hydrogen (secondary N) is 1. The lowest BCUT2D eigenvalue weighted by molar-refractivity contribution is -0.120. The molecule has 1 aromatic carbocycles. The average Bonchev–Trinajstić information content (AvgIpc) is 2.32. The molecule has 0 atom stereocenters. The first-order valence-electron chi connectivity index (χ1n) is 6.16. The van der Waals surface area contributed by atoms with E-state index in [1.165, 1.54) is 5.56 Å². The molecule has 0 amide bonds. The Bertz CT molecular complexity index is 361. The summed E-state index contributed by atoms with van der Waals surface area (Å²) in [6, 6.07) is 8.34. The van der Waals surface area contributed by atoms with E-state index in [9.17, 15) is 0 Å². The zero-order valence-electron chi connectivity index (χ0n) is 10.7. The molecule has 2 rings (SSSR count). The molecule has 1 aliphatic heterocycles. The highest BCUT2D eigenvalue weighted by Crippen LogP contribution is 2.27. The third kappa shape index (κ3) is 3.45. The van der Waals surface area contributed by atoms with Gasteiger partial charge in [-0.15, -0.1) is 0 Å². The zero-order chi connectivity index (χ0) is 12.1. The maximum atomic E-state index is 5.83. The molecule has 17 heavy (non-hydrogen) atoms. The van der Waals surface area contributed by atoms with Crippen molar-refractivity contribution in [2.45, 2.75) is 13.3 Å². The Morgan fingerprint density at radius 3 is 2.88 bits per heavy atom. The summed E-state index contributed by atoms with van der Waals surface area (Å²) in [6.07, 6.45) is 1.04. The third-order valence-electron chi connectivity index (χ3n) is 3.05. The van der Waals surface area contributed by atoms with Crippen molar-refractivity contribution in [3.8, 4) is 5.75 Å². The van der Waals surface area contributed by atoms with Crippen molar-refractivity contribution in [3.05, 3.63) is 29.8 Å². The van der Waals surface area contributed by atoms with Gasteiger partial charge >= 0.3 is 0 Å². The molecular formula is C14H21NO2. The highest BCUT2D eigenvalue weighted by atomic mass is 16.5. The fourth-order valence-electron chi connectivity index (χ4n) is 1.85. The van der Waals surface area contributed by atoms with E-state index < -0.39 is 0 Å². The van der Waals surface area contributed by atoms with Crippen LogP contribution in [0.2, 0.25) is 0 Å². The fraction of sp³-hybridized carbons (Fsp3) is 0.571. The van der Waals surface area contributed by atoms with Crippen LogP contribution in [-0.4, -0.2) is 33.4 Å². The Labute approximate surface area is 103 Å². The second-order valence-electron chi connectivity index (χ2n) is 5.09. The van der Waals surface area contributed by atoms with Gasteiger partial charge in [0.05, 0.1) is 19.8 Å². The topological polar surface area (TPSA) is 30.5 Å². The van der Waals surface area contributed by atoms with E-state index in [0.717, 1.165) is 38.5 Å². The molecule has 0 unspecified atom stereocenters. The Hall–Kier alpha value is -1.06. The van der Waals surface area contributed by atoms with Crippen LogP contribution in [0, 0.1) is 5.41 Å². The van der Waals surface area contributed by atoms with Gasteiger partial charge in [0.2, 0.25) is 0 Å². The van der Waals surface area contributed by atoms with Crippen molar-refractivity contribution in [1.29, 1.82) is 0 Å². The molecule has 0 radical (unpaired) electrons. The summed E-state index contributed by atoms with van der Waals surface area (Å²) in [4.78, 5) is 0. The molecule has 1 aromatic rings. The lowest BCUT2D eigenvalue weighted by Crippen LogP contribution is -2.44. The minimum Gasteiger partial charge on any atom is -0.493 e. The molecule has 1 N–H and O–H groups in total. The van der Waals surface area contributed by atoms with E-state index in [1.807, 2.05) is 13.1 Å². The van der Waals surface area contributed by atoms with Gasteiger partial charge in [-0.3, -0.25) is 0 Å². The van der Waals surface area contributed by atoms with E-state index in [2.05, 4.69) is 30.4 Å². The maximum Gasteiger partial charge on any atom is 0.119 e. The number of ether oxygens (including phenoxy) is 2. The number of hydrogen-bond acceptors (Lipinski definition) is 3. The normalized spacial score (nSPS) is 17.5. The van der Waals surface area contributed by atoms with Gasteiger partial charge in [0.1, 0.15) is 5.75 Å². The van der Waals surface area contributed by atoms with Crippen LogP contribution in [0.1, 0.15) is 12.5 Å². The SMILES string of the molecule is CNCCc1cccc(OCC2(C)COC2)c1. The number of benzene rings is 1. The summed E-state index contributed by atoms with van der Waals surface area (Å²) in [6.45, 7) is 5.55. The molecule has 1 aliphatic rings. The molecule has 3 nitrogen and oxygen atoms in total. The Kier molecular flexibility index (Phi) is 4.02. The monoisotopic (exact) mass is 235 g/mol. The Balaban J connectivity index is 1.87. The molecular weight excluding hydrogens is 214 g/mol. The van der Waals surface area contributed by atoms with Crippen LogP contribution in [0.3, 0.4) is 0 Å². The van der Waals surface area contributed by atoms with Crippen LogP contribution < -0.4 is 10.1 Å². The Morgan fingerprint density at radius 1 is 1.41 bits per heavy atom. The van der Waals surface area contributed by atoms with Crippen LogP contribution in [0.4, 0.5) is 0 Å². The standard InChI is InChI=1S/C14H21NO2/c1-14(9-16-10-14)11-17-13-5-3-4-12(8-13)6-7-15-2/h3-5,8,15H,6-7,9-11H2,1-2H3. The molecule has 0 spiro atoms. The average molecular weight is 235 g/mol. The summed E-state index contributed by atoms with van der Waals surface area (Å²) in [5, 5.41) is 3.15. The zero-order valence-corrected chi connectivity index (χ0v) is 10.7. The minimum absolute atomic E-state index is 0.209. The van der Waals surface area contributed by atoms with Gasteiger partial charge in [-0.05, 0) is 37.7 Å². The van der Waals surface area contributed by atoms with Crippen molar-refractivity contribution in [2.24, 2.45) is 5.41 Å². The lowest BCUT2D eigenvalue weighted by Gasteiger charge is -2.37. The first kappa shape index (κ1) is 12.4. The second kappa shape index (κ2) is 5.52. The predicted octanol–water partition coefficient (Wildman–Crippen LogP) is 1.86. The predicted molar refractivity (Wildman–Crippen MR) is 68.5 cm³/mol. The van der Waals surface area contributed by atoms with Crippen molar-refractivity contribution in [2.75, 3.05) is 33.4 Å². The molecule has 3 heteroatoms. The first-order valence-corrected chi connectivity index (χ1v) is 6.16. The molecule has 0 saturated carbocycles. The van der Waals surface area contributed by atoms with Crippen LogP contribution >= 0.6 is 0 Å². The van der Waals surface area contributed by atoms with Gasteiger partial charge in [-0.1, -0.05) is 19.1 Å². The lowest BCUT2D eigenvalue weighted by atomic mass is 9.90. The van der Waals surface area contributed by atoms with Crippen molar-refractivity contribution >= 4 is 0 Å². The summed E-state index contributed by atoms with van der Waals surface area (Å²) in [5.41, 5.74) is 1.52. The van der Waals surface area contributed by atoms with E-state index in [-0.39, 0.29) is 5.41 Å². The highest BCUT2D eigenvalue weighted by Gasteiger charge is 2.34. The van der Waals surface area contributed by atoms with Gasteiger partial charge in [0.15, 0.2) is 0 Å². The van der Waals surface area contributed by atoms with Crippen LogP contribution in [0.25, 0.3) is 0 Å². The molecule has 1 heterocycles. The van der Waals surface area contributed by atoms with Gasteiger partial charge in [0, 0.05) is 5.41 Å². The summed E-state index contributed by atoms with van der Waals surface area (Å²) < 4.78 is 11.0. The summed E-state index contributed by atoms with van der Waals surface area (Å²) in [7, 11) is 1.97. The molecule has 94 valence electrons. The Morgan fingerprint density at radius 2 is 2.24 bits per heavy atom. The molecule has 0 aromatic heterocycles. The molecule has 0 aliphatic carbocycles. The van der Waals surface area contributed by atoms with Gasteiger partial charge in [-0.2, -0.15) is 0 Å². The summed E-state index contributed by atoms with van der Waals surface area (Å²) in [5.74, 6) is 0.965. The maximum absolute atomic E-state index is 5.83. The molecule has 1 saturated heterocycles. The molecule has 0 bridgehead atoms. The highest BCUT2D eigenvalue weighted by molar-refractivity contribution is 5.28. The van der Waals surface area contributed by atoms with Crippen LogP contribution in [0.15, 0.2) is 24.3 Å². The van der Waals surface area contributed by atoms with Gasteiger partial charge < -0.3 is 14.8 Å². The van der Waals surface area contributed by atoms with Gasteiger partial charge in [-0.25, -0.2) is 0 Å². The largest absolute Gasteiger partial charge is 0.493 e. The van der Waals surface area contributed by atoms with E-state index in [0.29, 0.717) is 0 Å². The number of rotatable bonds is 6. The second-order valence-corrected chi connectivity index (χ2v) is 5.09. The molecule has 1 fully saturated rings. The van der Waals surface area contributed by atoms with Gasteiger partial charge in [0.25, 0.3) is 0 Å². The first-order chi connectivity index (χ1) is 8.22. The van der Waals surface area contributed by atoms with Crippen molar-refractivity contribution < 1.29 is 9.47 Å². The van der Waals surface area contributed by atoms with E-state index >= 15 is 0 Å². The van der Waals surface area contributed by atoms with E-state index in [1.54, 1.807) is 0 Å². The minimum atomic E-state index is 0.209. The van der Waals surface area contributed by atoms with Crippen molar-refractivity contribution in [1.82, 2.24) is 5.32 Å². The van der Waals surface area contributed by atoms with Crippen LogP contribution in [0.5, 0.6) is 5.75 Å². The smallest absolute Gasteiger partial charge is 0.119 e. The van der Waals surface area contributed by atoms with Crippen molar-refractivity contribution in [3.63, 3.8) is 0 Å². The van der Waals surface area contributed by atoms with Crippen LogP contribution in [-0.2, 0) is 11.2 Å².